The van der Waals surface area contributed by atoms with Crippen LogP contribution in [0.4, 0.5) is 5.69 Å². The van der Waals surface area contributed by atoms with E-state index in [0.29, 0.717) is 27.6 Å². The first-order valence-electron chi connectivity index (χ1n) is 7.27. The minimum Gasteiger partial charge on any atom is -0.478 e. The Hall–Kier alpha value is -2.63. The largest absolute Gasteiger partial charge is 0.478 e. The maximum Gasteiger partial charge on any atom is 0.337 e. The van der Waals surface area contributed by atoms with Crippen molar-refractivity contribution in [2.75, 3.05) is 5.01 Å². The lowest BCUT2D eigenvalue weighted by atomic mass is 10.1. The van der Waals surface area contributed by atoms with E-state index in [1.165, 1.54) is 12.1 Å². The van der Waals surface area contributed by atoms with Gasteiger partial charge in [0.05, 0.1) is 27.6 Å². The van der Waals surface area contributed by atoms with Crippen LogP contribution in [0.25, 0.3) is 6.08 Å². The van der Waals surface area contributed by atoms with Gasteiger partial charge in [0.25, 0.3) is 5.91 Å². The molecule has 0 saturated heterocycles. The molecule has 1 N–H and O–H groups in total. The summed E-state index contributed by atoms with van der Waals surface area (Å²) in [4.78, 5) is 23.9. The number of halogens is 2. The fourth-order valence-corrected chi connectivity index (χ4v) is 2.80. The quantitative estimate of drug-likeness (QED) is 0.804. The van der Waals surface area contributed by atoms with Gasteiger partial charge >= 0.3 is 5.97 Å². The Kier molecular flexibility index (Phi) is 4.61. The Labute approximate surface area is 153 Å². The van der Waals surface area contributed by atoms with Crippen LogP contribution in [-0.2, 0) is 4.79 Å². The van der Waals surface area contributed by atoms with Crippen LogP contribution in [0.3, 0.4) is 0 Å². The molecule has 1 amide bonds. The number of anilines is 1. The molecule has 3 rings (SSSR count). The Bertz CT molecular complexity index is 951. The van der Waals surface area contributed by atoms with E-state index < -0.39 is 5.97 Å². The van der Waals surface area contributed by atoms with Crippen molar-refractivity contribution < 1.29 is 14.7 Å². The highest BCUT2D eigenvalue weighted by Gasteiger charge is 2.29. The van der Waals surface area contributed by atoms with Crippen molar-refractivity contribution in [3.63, 3.8) is 0 Å². The molecular formula is C18H12Cl2N2O3. The first-order valence-corrected chi connectivity index (χ1v) is 8.03. The van der Waals surface area contributed by atoms with Gasteiger partial charge in [-0.15, -0.1) is 0 Å². The van der Waals surface area contributed by atoms with Gasteiger partial charge in [-0.2, -0.15) is 10.1 Å². The molecule has 0 fully saturated rings. The van der Waals surface area contributed by atoms with Gasteiger partial charge < -0.3 is 5.11 Å². The molecular weight excluding hydrogens is 363 g/mol. The second-order valence-electron chi connectivity index (χ2n) is 5.35. The number of carbonyl (C=O) groups excluding carboxylic acids is 1. The predicted octanol–water partition coefficient (Wildman–Crippen LogP) is 4.50. The first kappa shape index (κ1) is 17.2. The summed E-state index contributed by atoms with van der Waals surface area (Å²) >= 11 is 12.0. The van der Waals surface area contributed by atoms with Crippen molar-refractivity contribution in [2.45, 2.75) is 6.92 Å². The smallest absolute Gasteiger partial charge is 0.337 e. The molecule has 0 aromatic heterocycles. The van der Waals surface area contributed by atoms with Crippen molar-refractivity contribution in [3.05, 3.63) is 69.2 Å². The van der Waals surface area contributed by atoms with Crippen LogP contribution in [0.15, 0.2) is 53.1 Å². The van der Waals surface area contributed by atoms with Crippen LogP contribution in [0.5, 0.6) is 0 Å². The van der Waals surface area contributed by atoms with Gasteiger partial charge in [-0.1, -0.05) is 41.4 Å². The monoisotopic (exact) mass is 374 g/mol. The summed E-state index contributed by atoms with van der Waals surface area (Å²) < 4.78 is 0. The van der Waals surface area contributed by atoms with Crippen molar-refractivity contribution in [2.24, 2.45) is 5.10 Å². The Morgan fingerprint density at radius 3 is 2.56 bits per heavy atom. The van der Waals surface area contributed by atoms with E-state index in [1.807, 2.05) is 6.07 Å². The van der Waals surface area contributed by atoms with Crippen molar-refractivity contribution in [1.82, 2.24) is 0 Å². The molecule has 0 saturated carbocycles. The van der Waals surface area contributed by atoms with E-state index in [1.54, 1.807) is 37.3 Å². The first-order chi connectivity index (χ1) is 11.9. The lowest BCUT2D eigenvalue weighted by molar-refractivity contribution is -0.114. The number of nitrogens with zero attached hydrogens (tertiary/aromatic N) is 2. The van der Waals surface area contributed by atoms with E-state index in [2.05, 4.69) is 5.10 Å². The molecule has 5 nitrogen and oxygen atoms in total. The third-order valence-electron chi connectivity index (χ3n) is 3.69. The molecule has 2 aromatic rings. The number of rotatable bonds is 3. The van der Waals surface area contributed by atoms with Gasteiger partial charge in [-0.05, 0) is 42.8 Å². The van der Waals surface area contributed by atoms with Crippen LogP contribution in [0.1, 0.15) is 22.8 Å². The number of carbonyl (C=O) groups is 2. The summed E-state index contributed by atoms with van der Waals surface area (Å²) in [6.45, 7) is 1.70. The summed E-state index contributed by atoms with van der Waals surface area (Å²) in [5.74, 6) is -1.54. The van der Waals surface area contributed by atoms with Crippen LogP contribution in [-0.4, -0.2) is 22.7 Å². The molecule has 1 aliphatic rings. The number of hydrogen-bond donors (Lipinski definition) is 1. The van der Waals surface area contributed by atoms with E-state index in [4.69, 9.17) is 23.2 Å². The highest BCUT2D eigenvalue weighted by Crippen LogP contribution is 2.29. The summed E-state index contributed by atoms with van der Waals surface area (Å²) in [5.41, 5.74) is 1.83. The summed E-state index contributed by atoms with van der Waals surface area (Å²) in [6.07, 6.45) is 1.66. The van der Waals surface area contributed by atoms with E-state index in [9.17, 15) is 14.7 Å². The minimum atomic E-state index is -1.17. The van der Waals surface area contributed by atoms with Crippen LogP contribution < -0.4 is 5.01 Å². The molecule has 0 spiro atoms. The van der Waals surface area contributed by atoms with Gasteiger partial charge in [0, 0.05) is 5.02 Å². The Morgan fingerprint density at radius 1 is 1.16 bits per heavy atom. The molecule has 0 aliphatic carbocycles. The summed E-state index contributed by atoms with van der Waals surface area (Å²) in [7, 11) is 0. The molecule has 126 valence electrons. The second kappa shape index (κ2) is 6.70. The molecule has 2 aromatic carbocycles. The maximum atomic E-state index is 12.7. The normalized spacial score (nSPS) is 15.6. The van der Waals surface area contributed by atoms with Crippen molar-refractivity contribution in [1.29, 1.82) is 0 Å². The van der Waals surface area contributed by atoms with Crippen LogP contribution in [0.2, 0.25) is 10.0 Å². The summed E-state index contributed by atoms with van der Waals surface area (Å²) in [6, 6.07) is 11.4. The fraction of sp³-hybridized carbons (Fsp3) is 0.0556. The number of amides is 1. The average molecular weight is 375 g/mol. The second-order valence-corrected chi connectivity index (χ2v) is 6.17. The van der Waals surface area contributed by atoms with E-state index in [-0.39, 0.29) is 16.5 Å². The number of carboxylic acids is 1. The van der Waals surface area contributed by atoms with Gasteiger partial charge in [-0.3, -0.25) is 4.79 Å². The lowest BCUT2D eigenvalue weighted by Gasteiger charge is -2.13. The molecule has 25 heavy (non-hydrogen) atoms. The predicted molar refractivity (Wildman–Crippen MR) is 98.4 cm³/mol. The zero-order valence-corrected chi connectivity index (χ0v) is 14.5. The molecule has 1 heterocycles. The lowest BCUT2D eigenvalue weighted by Crippen LogP contribution is -2.21. The highest BCUT2D eigenvalue weighted by molar-refractivity contribution is 6.35. The zero-order valence-electron chi connectivity index (χ0n) is 13.0. The van der Waals surface area contributed by atoms with Crippen LogP contribution in [0, 0.1) is 0 Å². The third kappa shape index (κ3) is 3.29. The molecule has 0 radical (unpaired) electrons. The molecule has 0 atom stereocenters. The minimum absolute atomic E-state index is 0.0930. The topological polar surface area (TPSA) is 70.0 Å². The number of aromatic carboxylic acids is 1. The molecule has 1 aliphatic heterocycles. The number of hydrogen-bond acceptors (Lipinski definition) is 3. The van der Waals surface area contributed by atoms with Gasteiger partial charge in [0.2, 0.25) is 0 Å². The Morgan fingerprint density at radius 2 is 1.88 bits per heavy atom. The van der Waals surface area contributed by atoms with Crippen molar-refractivity contribution >= 4 is 52.6 Å². The highest BCUT2D eigenvalue weighted by atomic mass is 35.5. The number of hydrazone groups is 1. The van der Waals surface area contributed by atoms with Crippen molar-refractivity contribution in [3.8, 4) is 0 Å². The molecule has 7 heteroatoms. The van der Waals surface area contributed by atoms with E-state index >= 15 is 0 Å². The third-order valence-corrected chi connectivity index (χ3v) is 4.37. The number of benzene rings is 2. The molecule has 0 unspecified atom stereocenters. The van der Waals surface area contributed by atoms with Gasteiger partial charge in [0.15, 0.2) is 0 Å². The maximum absolute atomic E-state index is 12.7. The Balaban J connectivity index is 2.00. The molecule has 0 bridgehead atoms. The van der Waals surface area contributed by atoms with Crippen LogP contribution >= 0.6 is 23.2 Å². The van der Waals surface area contributed by atoms with Gasteiger partial charge in [0.1, 0.15) is 0 Å². The van der Waals surface area contributed by atoms with Gasteiger partial charge in [-0.25, -0.2) is 4.79 Å². The standard InChI is InChI=1S/C18H12Cl2N2O3/c1-10-13(8-11-4-2-3-5-15(11)19)17(23)22(21-10)12-6-7-16(20)14(9-12)18(24)25/h2-9H,1H3,(H,24,25)/b13-8+. The van der Waals surface area contributed by atoms with E-state index in [0.717, 1.165) is 5.01 Å². The summed E-state index contributed by atoms with van der Waals surface area (Å²) in [5, 5.41) is 15.2. The number of carboxylic acid groups (broad SMARTS) is 1. The SMILES string of the molecule is CC1=NN(c2ccc(Cl)c(C(=O)O)c2)C(=O)/C1=C/c1ccccc1Cl. The zero-order chi connectivity index (χ0) is 18.1. The average Bonchev–Trinajstić information content (AvgIpc) is 2.85. The fourth-order valence-electron chi connectivity index (χ4n) is 2.42.